The maximum absolute atomic E-state index is 11.1. The molecule has 20 heavy (non-hydrogen) atoms. The average Bonchev–Trinajstić information content (AvgIpc) is 2.41. The third kappa shape index (κ3) is 3.33. The van der Waals surface area contributed by atoms with Crippen molar-refractivity contribution < 1.29 is 4.92 Å². The molecule has 0 atom stereocenters. The van der Waals surface area contributed by atoms with Crippen LogP contribution < -0.4 is 5.32 Å². The zero-order valence-corrected chi connectivity index (χ0v) is 12.8. The average molecular weight is 336 g/mol. The first-order chi connectivity index (χ1) is 9.47. The summed E-state index contributed by atoms with van der Waals surface area (Å²) in [5.41, 5.74) is 3.35. The molecule has 2 aromatic rings. The number of anilines is 1. The van der Waals surface area contributed by atoms with Gasteiger partial charge in [0.05, 0.1) is 17.2 Å². The molecule has 0 spiro atoms. The van der Waals surface area contributed by atoms with E-state index >= 15 is 0 Å². The summed E-state index contributed by atoms with van der Waals surface area (Å²) < 4.78 is 0.901. The van der Waals surface area contributed by atoms with Crippen molar-refractivity contribution in [2.24, 2.45) is 0 Å². The highest BCUT2D eigenvalue weighted by molar-refractivity contribution is 9.10. The summed E-state index contributed by atoms with van der Waals surface area (Å²) in [5, 5.41) is 14.2. The zero-order valence-electron chi connectivity index (χ0n) is 11.2. The minimum Gasteiger partial charge on any atom is -0.374 e. The Morgan fingerprint density at radius 2 is 2.00 bits per heavy atom. The molecule has 104 valence electrons. The number of nitrogens with one attached hydrogen (secondary N) is 1. The Labute approximate surface area is 125 Å². The van der Waals surface area contributed by atoms with Crippen molar-refractivity contribution in [1.82, 2.24) is 4.98 Å². The molecule has 0 fully saturated rings. The SMILES string of the molecule is Cc1cc(NCc2ccc(Br)cn2)c([N+](=O)[O-])cc1C. The molecule has 0 aliphatic carbocycles. The lowest BCUT2D eigenvalue weighted by molar-refractivity contribution is -0.384. The van der Waals surface area contributed by atoms with E-state index in [2.05, 4.69) is 26.2 Å². The van der Waals surface area contributed by atoms with E-state index < -0.39 is 0 Å². The summed E-state index contributed by atoms with van der Waals surface area (Å²) in [4.78, 5) is 14.9. The minimum atomic E-state index is -0.371. The highest BCUT2D eigenvalue weighted by Crippen LogP contribution is 2.28. The lowest BCUT2D eigenvalue weighted by Gasteiger charge is -2.09. The Morgan fingerprint density at radius 3 is 2.60 bits per heavy atom. The van der Waals surface area contributed by atoms with Crippen molar-refractivity contribution >= 4 is 27.3 Å². The maximum Gasteiger partial charge on any atom is 0.292 e. The first-order valence-corrected chi connectivity index (χ1v) is 6.86. The molecule has 5 nitrogen and oxygen atoms in total. The van der Waals surface area contributed by atoms with Crippen LogP contribution in [-0.4, -0.2) is 9.91 Å². The van der Waals surface area contributed by atoms with Gasteiger partial charge in [-0.2, -0.15) is 0 Å². The van der Waals surface area contributed by atoms with Crippen LogP contribution in [0.5, 0.6) is 0 Å². The monoisotopic (exact) mass is 335 g/mol. The van der Waals surface area contributed by atoms with E-state index in [9.17, 15) is 10.1 Å². The van der Waals surface area contributed by atoms with Crippen molar-refractivity contribution in [3.05, 3.63) is 61.9 Å². The summed E-state index contributed by atoms with van der Waals surface area (Å²) in [7, 11) is 0. The Morgan fingerprint density at radius 1 is 1.30 bits per heavy atom. The molecule has 6 heteroatoms. The molecule has 1 aromatic heterocycles. The molecule has 0 aliphatic heterocycles. The molecule has 2 rings (SSSR count). The Bertz CT molecular complexity index is 642. The second-order valence-electron chi connectivity index (χ2n) is 4.53. The van der Waals surface area contributed by atoms with Crippen LogP contribution in [0.15, 0.2) is 34.9 Å². The van der Waals surface area contributed by atoms with Gasteiger partial charge in [0.2, 0.25) is 0 Å². The largest absolute Gasteiger partial charge is 0.374 e. The molecule has 1 aromatic carbocycles. The van der Waals surface area contributed by atoms with Crippen LogP contribution >= 0.6 is 15.9 Å². The summed E-state index contributed by atoms with van der Waals surface area (Å²) in [6.07, 6.45) is 1.70. The van der Waals surface area contributed by atoms with Gasteiger partial charge in [-0.25, -0.2) is 0 Å². The van der Waals surface area contributed by atoms with Gasteiger partial charge in [0, 0.05) is 16.7 Å². The molecule has 0 saturated heterocycles. The van der Waals surface area contributed by atoms with Gasteiger partial charge in [0.15, 0.2) is 0 Å². The Hall–Kier alpha value is -1.95. The summed E-state index contributed by atoms with van der Waals surface area (Å²) in [5.74, 6) is 0. The third-order valence-electron chi connectivity index (χ3n) is 3.06. The Kier molecular flexibility index (Phi) is 4.34. The molecular formula is C14H14BrN3O2. The molecule has 0 saturated carbocycles. The number of nitro groups is 1. The van der Waals surface area contributed by atoms with Gasteiger partial charge >= 0.3 is 0 Å². The zero-order chi connectivity index (χ0) is 14.7. The first-order valence-electron chi connectivity index (χ1n) is 6.07. The lowest BCUT2D eigenvalue weighted by atomic mass is 10.1. The number of rotatable bonds is 4. The minimum absolute atomic E-state index is 0.0882. The van der Waals surface area contributed by atoms with Crippen LogP contribution in [-0.2, 0) is 6.54 Å². The summed E-state index contributed by atoms with van der Waals surface area (Å²) >= 11 is 3.32. The number of aromatic nitrogens is 1. The predicted molar refractivity (Wildman–Crippen MR) is 81.8 cm³/mol. The number of benzene rings is 1. The Balaban J connectivity index is 2.22. The standard InChI is InChI=1S/C14H14BrN3O2/c1-9-5-13(14(18(19)20)6-10(9)2)17-8-12-4-3-11(15)7-16-12/h3-7,17H,8H2,1-2H3. The smallest absolute Gasteiger partial charge is 0.292 e. The molecule has 1 heterocycles. The number of pyridine rings is 1. The first kappa shape index (κ1) is 14.5. The van der Waals surface area contributed by atoms with E-state index in [1.807, 2.05) is 26.0 Å². The molecule has 0 bridgehead atoms. The van der Waals surface area contributed by atoms with Gasteiger partial charge in [-0.3, -0.25) is 15.1 Å². The van der Waals surface area contributed by atoms with Gasteiger partial charge in [-0.15, -0.1) is 0 Å². The quantitative estimate of drug-likeness (QED) is 0.677. The van der Waals surface area contributed by atoms with E-state index in [1.165, 1.54) is 0 Å². The van der Waals surface area contributed by atoms with Crippen molar-refractivity contribution in [3.8, 4) is 0 Å². The summed E-state index contributed by atoms with van der Waals surface area (Å²) in [6.45, 7) is 4.24. The fourth-order valence-corrected chi connectivity index (χ4v) is 2.02. The molecule has 0 aliphatic rings. The highest BCUT2D eigenvalue weighted by atomic mass is 79.9. The summed E-state index contributed by atoms with van der Waals surface area (Å²) in [6, 6.07) is 7.14. The maximum atomic E-state index is 11.1. The van der Waals surface area contributed by atoms with E-state index in [1.54, 1.807) is 18.3 Å². The van der Waals surface area contributed by atoms with Crippen LogP contribution in [0.25, 0.3) is 0 Å². The lowest BCUT2D eigenvalue weighted by Crippen LogP contribution is -2.05. The highest BCUT2D eigenvalue weighted by Gasteiger charge is 2.15. The van der Waals surface area contributed by atoms with Crippen LogP contribution in [0, 0.1) is 24.0 Å². The fraction of sp³-hybridized carbons (Fsp3) is 0.214. The predicted octanol–water partition coefficient (Wildman–Crippen LogP) is 3.98. The van der Waals surface area contributed by atoms with E-state index in [4.69, 9.17) is 0 Å². The van der Waals surface area contributed by atoms with Crippen LogP contribution in [0.4, 0.5) is 11.4 Å². The van der Waals surface area contributed by atoms with Crippen molar-refractivity contribution in [1.29, 1.82) is 0 Å². The second-order valence-corrected chi connectivity index (χ2v) is 5.45. The van der Waals surface area contributed by atoms with Gasteiger partial charge in [-0.05, 0) is 59.1 Å². The third-order valence-corrected chi connectivity index (χ3v) is 3.53. The topological polar surface area (TPSA) is 68.1 Å². The van der Waals surface area contributed by atoms with Crippen molar-refractivity contribution in [2.75, 3.05) is 5.32 Å². The fourth-order valence-electron chi connectivity index (χ4n) is 1.79. The van der Waals surface area contributed by atoms with Gasteiger partial charge in [0.25, 0.3) is 5.69 Å². The van der Waals surface area contributed by atoms with Crippen LogP contribution in [0.2, 0.25) is 0 Å². The molecule has 0 radical (unpaired) electrons. The number of hydrogen-bond donors (Lipinski definition) is 1. The molecule has 1 N–H and O–H groups in total. The van der Waals surface area contributed by atoms with Gasteiger partial charge in [-0.1, -0.05) is 0 Å². The number of nitro benzene ring substituents is 1. The van der Waals surface area contributed by atoms with E-state index in [0.29, 0.717) is 12.2 Å². The number of nitrogens with zero attached hydrogens (tertiary/aromatic N) is 2. The number of hydrogen-bond acceptors (Lipinski definition) is 4. The van der Waals surface area contributed by atoms with Crippen LogP contribution in [0.3, 0.4) is 0 Å². The molecular weight excluding hydrogens is 322 g/mol. The van der Waals surface area contributed by atoms with Gasteiger partial charge in [0.1, 0.15) is 5.69 Å². The molecule has 0 unspecified atom stereocenters. The number of halogens is 1. The number of aryl methyl sites for hydroxylation is 2. The van der Waals surface area contributed by atoms with E-state index in [-0.39, 0.29) is 10.6 Å². The van der Waals surface area contributed by atoms with Crippen molar-refractivity contribution in [2.45, 2.75) is 20.4 Å². The van der Waals surface area contributed by atoms with Gasteiger partial charge < -0.3 is 5.32 Å². The van der Waals surface area contributed by atoms with E-state index in [0.717, 1.165) is 21.3 Å². The normalized spacial score (nSPS) is 10.3. The second kappa shape index (κ2) is 6.00. The van der Waals surface area contributed by atoms with Crippen molar-refractivity contribution in [3.63, 3.8) is 0 Å². The van der Waals surface area contributed by atoms with Crippen LogP contribution in [0.1, 0.15) is 16.8 Å². The molecule has 0 amide bonds.